The summed E-state index contributed by atoms with van der Waals surface area (Å²) >= 11 is 0. The molecule has 1 rings (SSSR count). The van der Waals surface area contributed by atoms with Gasteiger partial charge in [0.1, 0.15) is 12.1 Å². The number of anilines is 1. The van der Waals surface area contributed by atoms with Gasteiger partial charge in [-0.3, -0.25) is 0 Å². The number of rotatable bonds is 5. The molecule has 0 aromatic carbocycles. The minimum absolute atomic E-state index is 0.514. The van der Waals surface area contributed by atoms with E-state index >= 15 is 0 Å². The summed E-state index contributed by atoms with van der Waals surface area (Å²) in [7, 11) is 1.94. The Bertz CT molecular complexity index is 368. The van der Waals surface area contributed by atoms with Gasteiger partial charge >= 0.3 is 0 Å². The molecule has 0 amide bonds. The summed E-state index contributed by atoms with van der Waals surface area (Å²) in [6.07, 6.45) is 3.07. The molecular formula is C12H18N4. The third-order valence-corrected chi connectivity index (χ3v) is 2.28. The maximum absolute atomic E-state index is 8.53. The molecule has 1 heterocycles. The summed E-state index contributed by atoms with van der Waals surface area (Å²) in [5.41, 5.74) is 1.06. The van der Waals surface area contributed by atoms with Gasteiger partial charge in [-0.2, -0.15) is 5.26 Å². The van der Waals surface area contributed by atoms with E-state index in [4.69, 9.17) is 5.26 Å². The maximum atomic E-state index is 8.53. The molecule has 0 aliphatic carbocycles. The molecule has 0 N–H and O–H groups in total. The molecule has 0 aliphatic rings. The van der Waals surface area contributed by atoms with Gasteiger partial charge in [0, 0.05) is 25.4 Å². The summed E-state index contributed by atoms with van der Waals surface area (Å²) < 4.78 is 0. The van der Waals surface area contributed by atoms with Crippen LogP contribution in [-0.4, -0.2) is 23.6 Å². The Labute approximate surface area is 96.9 Å². The lowest BCUT2D eigenvalue weighted by Gasteiger charge is -2.16. The Morgan fingerprint density at radius 3 is 2.81 bits per heavy atom. The van der Waals surface area contributed by atoms with Crippen LogP contribution in [0.5, 0.6) is 0 Å². The summed E-state index contributed by atoms with van der Waals surface area (Å²) in [5, 5.41) is 8.53. The molecule has 86 valence electrons. The van der Waals surface area contributed by atoms with Crippen LogP contribution in [-0.2, 0) is 6.42 Å². The van der Waals surface area contributed by atoms with Crippen molar-refractivity contribution in [1.29, 1.82) is 5.26 Å². The number of hydrogen-bond donors (Lipinski definition) is 0. The normalized spacial score (nSPS) is 10.2. The van der Waals surface area contributed by atoms with Crippen molar-refractivity contribution in [1.82, 2.24) is 9.97 Å². The Hall–Kier alpha value is -1.63. The molecule has 0 unspecified atom stereocenters. The average molecular weight is 218 g/mol. The molecule has 0 saturated heterocycles. The monoisotopic (exact) mass is 218 g/mol. The molecule has 1 aromatic heterocycles. The highest BCUT2D eigenvalue weighted by molar-refractivity contribution is 5.37. The van der Waals surface area contributed by atoms with E-state index in [1.807, 2.05) is 18.0 Å². The molecule has 16 heavy (non-hydrogen) atoms. The van der Waals surface area contributed by atoms with Crippen molar-refractivity contribution >= 4 is 5.82 Å². The third-order valence-electron chi connectivity index (χ3n) is 2.28. The van der Waals surface area contributed by atoms with E-state index in [-0.39, 0.29) is 0 Å². The molecule has 0 fully saturated rings. The van der Waals surface area contributed by atoms with E-state index in [1.54, 1.807) is 6.33 Å². The number of nitrogens with zero attached hydrogens (tertiary/aromatic N) is 4. The highest BCUT2D eigenvalue weighted by Gasteiger charge is 2.05. The van der Waals surface area contributed by atoms with Crippen molar-refractivity contribution in [2.24, 2.45) is 5.92 Å². The first-order valence-corrected chi connectivity index (χ1v) is 5.52. The molecule has 4 heteroatoms. The van der Waals surface area contributed by atoms with Crippen LogP contribution in [0.4, 0.5) is 5.82 Å². The minimum atomic E-state index is 0.514. The van der Waals surface area contributed by atoms with Gasteiger partial charge < -0.3 is 4.90 Å². The van der Waals surface area contributed by atoms with Crippen LogP contribution in [0.25, 0.3) is 0 Å². The predicted octanol–water partition coefficient (Wildman–Crippen LogP) is 2.02. The quantitative estimate of drug-likeness (QED) is 0.758. The van der Waals surface area contributed by atoms with E-state index in [0.717, 1.165) is 17.9 Å². The van der Waals surface area contributed by atoms with Crippen molar-refractivity contribution in [3.05, 3.63) is 18.1 Å². The van der Waals surface area contributed by atoms with Gasteiger partial charge in [0.05, 0.1) is 12.5 Å². The molecule has 0 radical (unpaired) electrons. The van der Waals surface area contributed by atoms with Crippen LogP contribution in [0.1, 0.15) is 26.0 Å². The second kappa shape index (κ2) is 6.06. The number of nitriles is 1. The topological polar surface area (TPSA) is 52.8 Å². The SMILES string of the molecule is CC(C)Cc1cc(N(C)CCC#N)ncn1. The van der Waals surface area contributed by atoms with E-state index in [2.05, 4.69) is 29.9 Å². The first kappa shape index (κ1) is 12.4. The zero-order valence-corrected chi connectivity index (χ0v) is 10.1. The fraction of sp³-hybridized carbons (Fsp3) is 0.583. The van der Waals surface area contributed by atoms with Gasteiger partial charge in [-0.25, -0.2) is 9.97 Å². The van der Waals surface area contributed by atoms with Crippen molar-refractivity contribution in [2.75, 3.05) is 18.5 Å². The fourth-order valence-corrected chi connectivity index (χ4v) is 1.46. The molecule has 4 nitrogen and oxygen atoms in total. The molecule has 1 aromatic rings. The molecule has 0 spiro atoms. The molecule has 0 saturated carbocycles. The first-order valence-electron chi connectivity index (χ1n) is 5.52. The maximum Gasteiger partial charge on any atom is 0.131 e. The van der Waals surface area contributed by atoms with Crippen LogP contribution in [0.2, 0.25) is 0 Å². The second-order valence-corrected chi connectivity index (χ2v) is 4.30. The zero-order chi connectivity index (χ0) is 12.0. The van der Waals surface area contributed by atoms with Crippen LogP contribution >= 0.6 is 0 Å². The number of aromatic nitrogens is 2. The highest BCUT2D eigenvalue weighted by Crippen LogP contribution is 2.12. The van der Waals surface area contributed by atoms with E-state index in [9.17, 15) is 0 Å². The van der Waals surface area contributed by atoms with Crippen molar-refractivity contribution in [2.45, 2.75) is 26.7 Å². The lowest BCUT2D eigenvalue weighted by molar-refractivity contribution is 0.633. The summed E-state index contributed by atoms with van der Waals surface area (Å²) in [4.78, 5) is 10.4. The minimum Gasteiger partial charge on any atom is -0.359 e. The predicted molar refractivity (Wildman–Crippen MR) is 64.1 cm³/mol. The van der Waals surface area contributed by atoms with Gasteiger partial charge in [-0.15, -0.1) is 0 Å². The lowest BCUT2D eigenvalue weighted by Crippen LogP contribution is -2.19. The van der Waals surface area contributed by atoms with Crippen LogP contribution in [0.3, 0.4) is 0 Å². The third kappa shape index (κ3) is 3.85. The molecular weight excluding hydrogens is 200 g/mol. The second-order valence-electron chi connectivity index (χ2n) is 4.30. The summed E-state index contributed by atoms with van der Waals surface area (Å²) in [6, 6.07) is 4.13. The summed E-state index contributed by atoms with van der Waals surface area (Å²) in [5.74, 6) is 1.48. The van der Waals surface area contributed by atoms with Crippen molar-refractivity contribution in [3.8, 4) is 6.07 Å². The fourth-order valence-electron chi connectivity index (χ4n) is 1.46. The van der Waals surface area contributed by atoms with E-state index in [1.165, 1.54) is 0 Å². The molecule has 0 atom stereocenters. The van der Waals surface area contributed by atoms with Gasteiger partial charge in [0.2, 0.25) is 0 Å². The van der Waals surface area contributed by atoms with Gasteiger partial charge in [0.25, 0.3) is 0 Å². The van der Waals surface area contributed by atoms with E-state index < -0.39 is 0 Å². The Morgan fingerprint density at radius 1 is 1.44 bits per heavy atom. The standard InChI is InChI=1S/C12H18N4/c1-10(2)7-11-8-12(15-9-14-11)16(3)6-4-5-13/h8-10H,4,6-7H2,1-3H3. The van der Waals surface area contributed by atoms with Crippen molar-refractivity contribution in [3.63, 3.8) is 0 Å². The average Bonchev–Trinajstić information content (AvgIpc) is 2.25. The summed E-state index contributed by atoms with van der Waals surface area (Å²) in [6.45, 7) is 5.04. The Morgan fingerprint density at radius 2 is 2.19 bits per heavy atom. The first-order chi connectivity index (χ1) is 7.63. The van der Waals surface area contributed by atoms with Crippen LogP contribution in [0, 0.1) is 17.2 Å². The highest BCUT2D eigenvalue weighted by atomic mass is 15.2. The Balaban J connectivity index is 2.70. The largest absolute Gasteiger partial charge is 0.359 e. The van der Waals surface area contributed by atoms with Gasteiger partial charge in [-0.1, -0.05) is 13.8 Å². The molecule has 0 aliphatic heterocycles. The smallest absolute Gasteiger partial charge is 0.131 e. The number of hydrogen-bond acceptors (Lipinski definition) is 4. The Kier molecular flexibility index (Phi) is 4.71. The van der Waals surface area contributed by atoms with Gasteiger partial charge in [0.15, 0.2) is 0 Å². The van der Waals surface area contributed by atoms with Crippen LogP contribution < -0.4 is 4.90 Å². The van der Waals surface area contributed by atoms with Crippen molar-refractivity contribution < 1.29 is 0 Å². The van der Waals surface area contributed by atoms with Gasteiger partial charge in [-0.05, 0) is 12.3 Å². The zero-order valence-electron chi connectivity index (χ0n) is 10.1. The van der Waals surface area contributed by atoms with E-state index in [0.29, 0.717) is 18.9 Å². The molecule has 0 bridgehead atoms. The lowest BCUT2D eigenvalue weighted by atomic mass is 10.1. The van der Waals surface area contributed by atoms with Crippen LogP contribution in [0.15, 0.2) is 12.4 Å².